The van der Waals surface area contributed by atoms with Crippen molar-refractivity contribution in [2.45, 2.75) is 24.9 Å². The molecule has 2 aliphatic heterocycles. The monoisotopic (exact) mass is 515 g/mol. The lowest BCUT2D eigenvalue weighted by Gasteiger charge is -2.54. The largest absolute Gasteiger partial charge is 0.508 e. The van der Waals surface area contributed by atoms with E-state index in [1.165, 1.54) is 60.3 Å². The number of carbonyl (C=O) groups is 3. The van der Waals surface area contributed by atoms with Crippen LogP contribution < -0.4 is 5.32 Å². The minimum atomic E-state index is -1.08. The Morgan fingerprint density at radius 3 is 2.56 bits per heavy atom. The molecule has 2 unspecified atom stereocenters. The molecule has 2 amide bonds. The fourth-order valence-electron chi connectivity index (χ4n) is 4.05. The number of phenolic OH excluding ortho intramolecular Hbond substituents is 1. The summed E-state index contributed by atoms with van der Waals surface area (Å²) in [6, 6.07) is 10.7. The first kappa shape index (κ1) is 25.5. The van der Waals surface area contributed by atoms with E-state index in [9.17, 15) is 29.6 Å². The number of amides is 2. The average molecular weight is 516 g/mol. The molecule has 0 saturated carbocycles. The Bertz CT molecular complexity index is 1160. The van der Waals surface area contributed by atoms with Gasteiger partial charge in [-0.3, -0.25) is 24.5 Å². The van der Waals surface area contributed by atoms with E-state index in [1.54, 1.807) is 11.8 Å². The summed E-state index contributed by atoms with van der Waals surface area (Å²) in [7, 11) is 0. The molecule has 3 atom stereocenters. The van der Waals surface area contributed by atoms with Crippen LogP contribution in [0.3, 0.4) is 0 Å². The van der Waals surface area contributed by atoms with E-state index in [1.807, 2.05) is 0 Å². The van der Waals surface area contributed by atoms with Gasteiger partial charge in [-0.25, -0.2) is 0 Å². The number of nitro groups is 1. The van der Waals surface area contributed by atoms with Gasteiger partial charge in [-0.15, -0.1) is 11.8 Å². The Hall–Kier alpha value is -3.64. The van der Waals surface area contributed by atoms with Crippen LogP contribution in [0, 0.1) is 15.5 Å². The first-order valence-electron chi connectivity index (χ1n) is 11.2. The van der Waals surface area contributed by atoms with E-state index in [4.69, 9.17) is 9.47 Å². The SMILES string of the molecule is CCOCC1(C(=O)OCc2ccc([N+](=O)[O-])cc2)CS[C@@H]2C(NC(=O)c3ccc(O)cc3)C(=O)N2C1. The number of hydrogen-bond acceptors (Lipinski definition) is 9. The maximum atomic E-state index is 13.2. The number of ether oxygens (including phenoxy) is 2. The molecule has 2 aromatic rings. The average Bonchev–Trinajstić information content (AvgIpc) is 2.89. The number of nitrogens with one attached hydrogen (secondary N) is 1. The van der Waals surface area contributed by atoms with Crippen molar-refractivity contribution in [2.24, 2.45) is 5.41 Å². The highest BCUT2D eigenvalue weighted by atomic mass is 32.2. The van der Waals surface area contributed by atoms with Crippen LogP contribution in [0.1, 0.15) is 22.8 Å². The van der Waals surface area contributed by atoms with Crippen LogP contribution in [0.5, 0.6) is 5.75 Å². The Morgan fingerprint density at radius 2 is 1.92 bits per heavy atom. The van der Waals surface area contributed by atoms with Gasteiger partial charge in [-0.05, 0) is 48.9 Å². The van der Waals surface area contributed by atoms with Crippen LogP contribution in [0.15, 0.2) is 48.5 Å². The van der Waals surface area contributed by atoms with E-state index in [0.29, 0.717) is 23.5 Å². The molecule has 0 radical (unpaired) electrons. The van der Waals surface area contributed by atoms with Crippen molar-refractivity contribution in [2.75, 3.05) is 25.5 Å². The van der Waals surface area contributed by atoms with Gasteiger partial charge >= 0.3 is 5.97 Å². The number of non-ortho nitro benzene ring substituents is 1. The number of phenols is 1. The minimum Gasteiger partial charge on any atom is -0.508 e. The van der Waals surface area contributed by atoms with E-state index < -0.39 is 28.3 Å². The zero-order valence-corrected chi connectivity index (χ0v) is 20.2. The molecule has 2 aromatic carbocycles. The highest BCUT2D eigenvalue weighted by molar-refractivity contribution is 8.00. The predicted molar refractivity (Wildman–Crippen MR) is 129 cm³/mol. The number of carbonyl (C=O) groups excluding carboxylic acids is 3. The maximum absolute atomic E-state index is 13.2. The second-order valence-corrected chi connectivity index (χ2v) is 9.69. The van der Waals surface area contributed by atoms with Crippen molar-refractivity contribution < 1.29 is 33.9 Å². The molecule has 2 fully saturated rings. The van der Waals surface area contributed by atoms with Crippen LogP contribution in [-0.2, 0) is 25.7 Å². The lowest BCUT2D eigenvalue weighted by atomic mass is 9.87. The maximum Gasteiger partial charge on any atom is 0.317 e. The van der Waals surface area contributed by atoms with E-state index in [0.717, 1.165) is 0 Å². The molecule has 0 aromatic heterocycles. The summed E-state index contributed by atoms with van der Waals surface area (Å²) >= 11 is 1.37. The zero-order valence-electron chi connectivity index (χ0n) is 19.4. The van der Waals surface area contributed by atoms with Crippen LogP contribution in [-0.4, -0.2) is 69.6 Å². The summed E-state index contributed by atoms with van der Waals surface area (Å²) in [5, 5.41) is 22.6. The van der Waals surface area contributed by atoms with Crippen molar-refractivity contribution in [3.63, 3.8) is 0 Å². The van der Waals surface area contributed by atoms with E-state index >= 15 is 0 Å². The van der Waals surface area contributed by atoms with Gasteiger partial charge in [0, 0.05) is 36.6 Å². The van der Waals surface area contributed by atoms with Crippen molar-refractivity contribution in [3.05, 3.63) is 69.8 Å². The van der Waals surface area contributed by atoms with Gasteiger partial charge in [0.15, 0.2) is 0 Å². The molecule has 36 heavy (non-hydrogen) atoms. The van der Waals surface area contributed by atoms with Gasteiger partial charge in [0.25, 0.3) is 11.6 Å². The van der Waals surface area contributed by atoms with Crippen LogP contribution >= 0.6 is 11.8 Å². The molecule has 2 aliphatic rings. The van der Waals surface area contributed by atoms with Crippen molar-refractivity contribution in [3.8, 4) is 5.75 Å². The van der Waals surface area contributed by atoms with E-state index in [-0.39, 0.29) is 42.5 Å². The molecule has 0 bridgehead atoms. The van der Waals surface area contributed by atoms with Crippen LogP contribution in [0.25, 0.3) is 0 Å². The predicted octanol–water partition coefficient (Wildman–Crippen LogP) is 2.08. The minimum absolute atomic E-state index is 0.0337. The molecule has 190 valence electrons. The number of esters is 1. The number of benzene rings is 2. The highest BCUT2D eigenvalue weighted by Crippen LogP contribution is 2.43. The molecular weight excluding hydrogens is 490 g/mol. The third-order valence-corrected chi connectivity index (χ3v) is 7.68. The van der Waals surface area contributed by atoms with Gasteiger partial charge < -0.3 is 24.8 Å². The summed E-state index contributed by atoms with van der Waals surface area (Å²) in [5.41, 5.74) is -0.227. The summed E-state index contributed by atoms with van der Waals surface area (Å²) in [6.07, 6.45) is 0. The Morgan fingerprint density at radius 1 is 1.22 bits per heavy atom. The Labute approximate surface area is 210 Å². The molecule has 4 rings (SSSR count). The molecule has 2 N–H and O–H groups in total. The number of β-lactam (4-membered cyclic amide) rings is 1. The molecule has 0 spiro atoms. The number of hydrogen-bond donors (Lipinski definition) is 2. The quantitative estimate of drug-likeness (QED) is 0.222. The fourth-order valence-corrected chi connectivity index (χ4v) is 5.57. The summed E-state index contributed by atoms with van der Waals surface area (Å²) in [5.74, 6) is -0.895. The van der Waals surface area contributed by atoms with Gasteiger partial charge in [0.1, 0.15) is 29.2 Å². The first-order valence-corrected chi connectivity index (χ1v) is 12.3. The van der Waals surface area contributed by atoms with Crippen molar-refractivity contribution in [1.82, 2.24) is 10.2 Å². The summed E-state index contributed by atoms with van der Waals surface area (Å²) in [6.45, 7) is 2.27. The number of nitro benzene ring substituents is 1. The first-order chi connectivity index (χ1) is 17.2. The van der Waals surface area contributed by atoms with Gasteiger partial charge in [-0.1, -0.05) is 0 Å². The molecule has 2 heterocycles. The Balaban J connectivity index is 1.39. The normalized spacial score (nSPS) is 22.8. The lowest BCUT2D eigenvalue weighted by Crippen LogP contribution is -2.74. The topological polar surface area (TPSA) is 148 Å². The van der Waals surface area contributed by atoms with Crippen molar-refractivity contribution in [1.29, 1.82) is 0 Å². The lowest BCUT2D eigenvalue weighted by molar-refractivity contribution is -0.384. The van der Waals surface area contributed by atoms with E-state index in [2.05, 4.69) is 5.32 Å². The zero-order chi connectivity index (χ0) is 25.9. The highest BCUT2D eigenvalue weighted by Gasteiger charge is 2.58. The smallest absolute Gasteiger partial charge is 0.317 e. The third kappa shape index (κ3) is 5.14. The molecule has 12 heteroatoms. The van der Waals surface area contributed by atoms with Gasteiger partial charge in [0.05, 0.1) is 11.5 Å². The van der Waals surface area contributed by atoms with Gasteiger partial charge in [0.2, 0.25) is 5.91 Å². The standard InChI is InChI=1S/C24H25N3O8S/c1-2-34-13-24(23(31)35-11-15-3-7-17(8-4-15)27(32)33)12-26-21(30)19(22(26)36-14-24)25-20(29)16-5-9-18(28)10-6-16/h3-10,19,22,28H,2,11-14H2,1H3,(H,25,29)/t19?,22-,24?/m1/s1. The second kappa shape index (κ2) is 10.5. The molecule has 2 saturated heterocycles. The number of fused-ring (bicyclic) bond motifs is 1. The summed E-state index contributed by atoms with van der Waals surface area (Å²) in [4.78, 5) is 50.4. The Kier molecular flexibility index (Phi) is 7.45. The fraction of sp³-hybridized carbons (Fsp3) is 0.375. The molecule has 11 nitrogen and oxygen atoms in total. The molecule has 0 aliphatic carbocycles. The second-order valence-electron chi connectivity index (χ2n) is 8.58. The number of rotatable bonds is 9. The number of nitrogens with zero attached hydrogens (tertiary/aromatic N) is 2. The molecular formula is C24H25N3O8S. The van der Waals surface area contributed by atoms with Gasteiger partial charge in [-0.2, -0.15) is 0 Å². The summed E-state index contributed by atoms with van der Waals surface area (Å²) < 4.78 is 11.1. The number of aromatic hydroxyl groups is 1. The van der Waals surface area contributed by atoms with Crippen LogP contribution in [0.4, 0.5) is 5.69 Å². The van der Waals surface area contributed by atoms with Crippen molar-refractivity contribution >= 4 is 35.2 Å². The number of thioether (sulfide) groups is 1. The third-order valence-electron chi connectivity index (χ3n) is 6.09. The van der Waals surface area contributed by atoms with Crippen LogP contribution in [0.2, 0.25) is 0 Å².